The molecule has 2 heterocycles. The van der Waals surface area contributed by atoms with E-state index in [1.807, 2.05) is 72.6 Å². The molecule has 1 unspecified atom stereocenters. The summed E-state index contributed by atoms with van der Waals surface area (Å²) < 4.78 is 5.60. The number of amides is 1. The van der Waals surface area contributed by atoms with Gasteiger partial charge in [0.1, 0.15) is 11.5 Å². The molecule has 1 aromatic heterocycles. The lowest BCUT2D eigenvalue weighted by Crippen LogP contribution is -2.32. The Morgan fingerprint density at radius 1 is 1.10 bits per heavy atom. The highest BCUT2D eigenvalue weighted by Crippen LogP contribution is 2.25. The summed E-state index contributed by atoms with van der Waals surface area (Å²) in [7, 11) is 1.93. The third-order valence-electron chi connectivity index (χ3n) is 4.98. The molecule has 0 spiro atoms. The third-order valence-corrected chi connectivity index (χ3v) is 4.98. The molecule has 3 aromatic rings. The van der Waals surface area contributed by atoms with Gasteiger partial charge >= 0.3 is 0 Å². The van der Waals surface area contributed by atoms with Crippen molar-refractivity contribution in [3.05, 3.63) is 72.4 Å². The topological polar surface area (TPSA) is 67.4 Å². The first-order chi connectivity index (χ1) is 14.2. The van der Waals surface area contributed by atoms with Crippen LogP contribution in [-0.4, -0.2) is 42.2 Å². The minimum absolute atomic E-state index is 0.0841. The number of hydrogen-bond donors (Lipinski definition) is 1. The number of ether oxygens (including phenoxy) is 1. The first-order valence-corrected chi connectivity index (χ1v) is 9.84. The maximum Gasteiger partial charge on any atom is 0.270 e. The zero-order valence-corrected chi connectivity index (χ0v) is 16.4. The average molecular weight is 388 g/mol. The highest BCUT2D eigenvalue weighted by atomic mass is 16.5. The Bertz CT molecular complexity index is 957. The van der Waals surface area contributed by atoms with Crippen molar-refractivity contribution >= 4 is 17.4 Å². The molecular weight excluding hydrogens is 364 g/mol. The van der Waals surface area contributed by atoms with E-state index in [9.17, 15) is 4.79 Å². The van der Waals surface area contributed by atoms with E-state index in [0.717, 1.165) is 30.7 Å². The van der Waals surface area contributed by atoms with E-state index in [2.05, 4.69) is 10.3 Å². The van der Waals surface area contributed by atoms with Crippen molar-refractivity contribution in [2.24, 2.45) is 0 Å². The van der Waals surface area contributed by atoms with Gasteiger partial charge in [-0.25, -0.2) is 9.97 Å². The number of carbonyl (C=O) groups excluding carboxylic acids is 1. The van der Waals surface area contributed by atoms with Gasteiger partial charge in [0.2, 0.25) is 0 Å². The number of benzene rings is 2. The van der Waals surface area contributed by atoms with Crippen LogP contribution in [0.25, 0.3) is 11.4 Å². The molecule has 4 rings (SSSR count). The molecule has 0 saturated carbocycles. The van der Waals surface area contributed by atoms with Crippen molar-refractivity contribution < 1.29 is 9.53 Å². The molecule has 6 heteroatoms. The molecule has 148 valence electrons. The smallest absolute Gasteiger partial charge is 0.270 e. The fourth-order valence-corrected chi connectivity index (χ4v) is 3.33. The number of nitrogens with one attached hydrogen (secondary N) is 1. The van der Waals surface area contributed by atoms with Crippen molar-refractivity contribution in [1.82, 2.24) is 15.3 Å². The maximum absolute atomic E-state index is 12.8. The van der Waals surface area contributed by atoms with Gasteiger partial charge < -0.3 is 15.0 Å². The monoisotopic (exact) mass is 388 g/mol. The Morgan fingerprint density at radius 2 is 1.83 bits per heavy atom. The molecule has 1 saturated heterocycles. The van der Waals surface area contributed by atoms with E-state index in [4.69, 9.17) is 9.72 Å². The molecule has 1 fully saturated rings. The zero-order valence-electron chi connectivity index (χ0n) is 16.4. The predicted octanol–water partition coefficient (Wildman–Crippen LogP) is 3.82. The Kier molecular flexibility index (Phi) is 5.81. The zero-order chi connectivity index (χ0) is 20.1. The van der Waals surface area contributed by atoms with Crippen molar-refractivity contribution in [3.8, 4) is 11.4 Å². The lowest BCUT2D eigenvalue weighted by atomic mass is 10.2. The summed E-state index contributed by atoms with van der Waals surface area (Å²) in [5.74, 6) is 0.961. The predicted molar refractivity (Wildman–Crippen MR) is 113 cm³/mol. The highest BCUT2D eigenvalue weighted by Gasteiger charge is 2.19. The van der Waals surface area contributed by atoms with Gasteiger partial charge in [-0.1, -0.05) is 48.5 Å². The van der Waals surface area contributed by atoms with E-state index in [1.165, 1.54) is 0 Å². The molecule has 1 amide bonds. The SMILES string of the molecule is CN(c1ccccc1)c1cc(C(=O)NCC2CCCO2)nc(-c2ccccc2)n1. The van der Waals surface area contributed by atoms with E-state index in [-0.39, 0.29) is 12.0 Å². The van der Waals surface area contributed by atoms with Gasteiger partial charge in [0.05, 0.1) is 6.10 Å². The van der Waals surface area contributed by atoms with Gasteiger partial charge in [0.25, 0.3) is 5.91 Å². The van der Waals surface area contributed by atoms with Gasteiger partial charge in [-0.2, -0.15) is 0 Å². The van der Waals surface area contributed by atoms with Crippen molar-refractivity contribution in [1.29, 1.82) is 0 Å². The highest BCUT2D eigenvalue weighted by molar-refractivity contribution is 5.93. The van der Waals surface area contributed by atoms with Crippen LogP contribution in [0.1, 0.15) is 23.3 Å². The molecule has 0 radical (unpaired) electrons. The summed E-state index contributed by atoms with van der Waals surface area (Å²) >= 11 is 0. The lowest BCUT2D eigenvalue weighted by Gasteiger charge is -2.20. The molecule has 29 heavy (non-hydrogen) atoms. The largest absolute Gasteiger partial charge is 0.376 e. The number of anilines is 2. The second kappa shape index (κ2) is 8.84. The fraction of sp³-hybridized carbons (Fsp3) is 0.261. The summed E-state index contributed by atoms with van der Waals surface area (Å²) in [5.41, 5.74) is 2.19. The Morgan fingerprint density at radius 3 is 2.52 bits per heavy atom. The van der Waals surface area contributed by atoms with Gasteiger partial charge in [-0.05, 0) is 25.0 Å². The molecule has 0 bridgehead atoms. The minimum atomic E-state index is -0.220. The van der Waals surface area contributed by atoms with Crippen LogP contribution in [-0.2, 0) is 4.74 Å². The summed E-state index contributed by atoms with van der Waals surface area (Å²) in [6.45, 7) is 1.26. The van der Waals surface area contributed by atoms with Crippen LogP contribution in [0, 0.1) is 0 Å². The molecule has 0 aliphatic carbocycles. The Balaban J connectivity index is 1.65. The number of para-hydroxylation sites is 1. The first-order valence-electron chi connectivity index (χ1n) is 9.84. The summed E-state index contributed by atoms with van der Waals surface area (Å²) in [6, 6.07) is 21.3. The number of aromatic nitrogens is 2. The standard InChI is InChI=1S/C23H24N4O2/c1-27(18-11-6-3-7-12-18)21-15-20(23(28)24-16-19-13-8-14-29-19)25-22(26-21)17-9-4-2-5-10-17/h2-7,9-12,15,19H,8,13-14,16H2,1H3,(H,24,28). The lowest BCUT2D eigenvalue weighted by molar-refractivity contribution is 0.0853. The number of nitrogens with zero attached hydrogens (tertiary/aromatic N) is 3. The summed E-state index contributed by atoms with van der Waals surface area (Å²) in [6.07, 6.45) is 2.10. The van der Waals surface area contributed by atoms with Crippen LogP contribution in [0.2, 0.25) is 0 Å². The van der Waals surface area contributed by atoms with E-state index < -0.39 is 0 Å². The van der Waals surface area contributed by atoms with Crippen LogP contribution in [0.15, 0.2) is 66.7 Å². The minimum Gasteiger partial charge on any atom is -0.376 e. The normalized spacial score (nSPS) is 15.8. The molecule has 1 atom stereocenters. The van der Waals surface area contributed by atoms with Gasteiger partial charge in [0, 0.05) is 37.5 Å². The Hall–Kier alpha value is -3.25. The van der Waals surface area contributed by atoms with Crippen LogP contribution >= 0.6 is 0 Å². The molecule has 1 N–H and O–H groups in total. The number of carbonyl (C=O) groups is 1. The van der Waals surface area contributed by atoms with Crippen LogP contribution in [0.5, 0.6) is 0 Å². The molecule has 2 aromatic carbocycles. The quantitative estimate of drug-likeness (QED) is 0.695. The van der Waals surface area contributed by atoms with Crippen molar-refractivity contribution in [2.75, 3.05) is 25.1 Å². The summed E-state index contributed by atoms with van der Waals surface area (Å²) in [4.78, 5) is 24.0. The number of hydrogen-bond acceptors (Lipinski definition) is 5. The van der Waals surface area contributed by atoms with Gasteiger partial charge in [-0.3, -0.25) is 4.79 Å². The molecular formula is C23H24N4O2. The van der Waals surface area contributed by atoms with Gasteiger partial charge in [-0.15, -0.1) is 0 Å². The van der Waals surface area contributed by atoms with Crippen LogP contribution in [0.3, 0.4) is 0 Å². The van der Waals surface area contributed by atoms with Crippen molar-refractivity contribution in [2.45, 2.75) is 18.9 Å². The van der Waals surface area contributed by atoms with Crippen LogP contribution < -0.4 is 10.2 Å². The van der Waals surface area contributed by atoms with Gasteiger partial charge in [0.15, 0.2) is 5.82 Å². The number of rotatable bonds is 6. The average Bonchev–Trinajstić information content (AvgIpc) is 3.31. The first kappa shape index (κ1) is 19.1. The second-order valence-corrected chi connectivity index (χ2v) is 7.04. The fourth-order valence-electron chi connectivity index (χ4n) is 3.33. The molecule has 1 aliphatic rings. The third kappa shape index (κ3) is 4.60. The molecule has 6 nitrogen and oxygen atoms in total. The second-order valence-electron chi connectivity index (χ2n) is 7.04. The molecule has 1 aliphatic heterocycles. The van der Waals surface area contributed by atoms with E-state index in [1.54, 1.807) is 6.07 Å². The summed E-state index contributed by atoms with van der Waals surface area (Å²) in [5, 5.41) is 2.95. The van der Waals surface area contributed by atoms with Crippen LogP contribution in [0.4, 0.5) is 11.5 Å². The van der Waals surface area contributed by atoms with E-state index >= 15 is 0 Å². The maximum atomic E-state index is 12.8. The van der Waals surface area contributed by atoms with E-state index in [0.29, 0.717) is 23.9 Å². The van der Waals surface area contributed by atoms with Crippen molar-refractivity contribution in [3.63, 3.8) is 0 Å². The Labute approximate surface area is 170 Å².